The third kappa shape index (κ3) is 4.85. The van der Waals surface area contributed by atoms with E-state index in [2.05, 4.69) is 0 Å². The van der Waals surface area contributed by atoms with E-state index in [1.807, 2.05) is 13.8 Å². The molecule has 0 aliphatic carbocycles. The van der Waals surface area contributed by atoms with E-state index in [-0.39, 0.29) is 11.3 Å². The average molecular weight is 314 g/mol. The molecule has 0 fully saturated rings. The molecule has 0 aromatic heterocycles. The summed E-state index contributed by atoms with van der Waals surface area (Å²) in [5.74, 6) is -0.276. The number of hydrogen-bond donors (Lipinski definition) is 1. The monoisotopic (exact) mass is 314 g/mol. The molecule has 0 unspecified atom stereocenters. The largest absolute Gasteiger partial charge is 0.493 e. The van der Waals surface area contributed by atoms with Crippen LogP contribution in [0.2, 0.25) is 0 Å². The molecule has 2 rings (SSSR count). The fourth-order valence-electron chi connectivity index (χ4n) is 1.81. The molecule has 23 heavy (non-hydrogen) atoms. The summed E-state index contributed by atoms with van der Waals surface area (Å²) >= 11 is 0. The van der Waals surface area contributed by atoms with E-state index >= 15 is 0 Å². The van der Waals surface area contributed by atoms with Gasteiger partial charge in [-0.2, -0.15) is 0 Å². The van der Waals surface area contributed by atoms with Crippen LogP contribution in [0.15, 0.2) is 48.5 Å². The first kappa shape index (κ1) is 16.5. The lowest BCUT2D eigenvalue weighted by Gasteiger charge is -2.10. The van der Waals surface area contributed by atoms with Crippen LogP contribution >= 0.6 is 0 Å². The zero-order chi connectivity index (χ0) is 16.8. The van der Waals surface area contributed by atoms with E-state index in [0.29, 0.717) is 23.8 Å². The molecule has 1 N–H and O–H groups in total. The first-order chi connectivity index (χ1) is 11.0. The highest BCUT2D eigenvalue weighted by Gasteiger charge is 2.11. The van der Waals surface area contributed by atoms with Gasteiger partial charge in [0, 0.05) is 0 Å². The second-order valence-electron chi connectivity index (χ2n) is 5.45. The number of carboxylic acids is 1. The van der Waals surface area contributed by atoms with Crippen LogP contribution in [0.4, 0.5) is 0 Å². The van der Waals surface area contributed by atoms with Crippen LogP contribution in [0.25, 0.3) is 0 Å². The minimum Gasteiger partial charge on any atom is -0.493 e. The van der Waals surface area contributed by atoms with Gasteiger partial charge < -0.3 is 14.6 Å². The van der Waals surface area contributed by atoms with Crippen LogP contribution in [-0.4, -0.2) is 23.7 Å². The second kappa shape index (κ2) is 7.45. The van der Waals surface area contributed by atoms with Gasteiger partial charge in [-0.3, -0.25) is 0 Å². The number of rotatable bonds is 6. The van der Waals surface area contributed by atoms with Crippen molar-refractivity contribution in [3.05, 3.63) is 59.7 Å². The van der Waals surface area contributed by atoms with Gasteiger partial charge in [-0.15, -0.1) is 0 Å². The Kier molecular flexibility index (Phi) is 5.36. The fraction of sp³-hybridized carbons (Fsp3) is 0.222. The second-order valence-corrected chi connectivity index (χ2v) is 5.45. The third-order valence-electron chi connectivity index (χ3n) is 2.96. The van der Waals surface area contributed by atoms with Crippen molar-refractivity contribution in [2.75, 3.05) is 6.61 Å². The van der Waals surface area contributed by atoms with Crippen LogP contribution in [0.1, 0.15) is 34.6 Å². The van der Waals surface area contributed by atoms with E-state index in [0.717, 1.165) is 0 Å². The van der Waals surface area contributed by atoms with Crippen molar-refractivity contribution in [2.24, 2.45) is 5.92 Å². The van der Waals surface area contributed by atoms with Gasteiger partial charge in [0.1, 0.15) is 11.5 Å². The van der Waals surface area contributed by atoms with E-state index < -0.39 is 11.9 Å². The summed E-state index contributed by atoms with van der Waals surface area (Å²) in [7, 11) is 0. The summed E-state index contributed by atoms with van der Waals surface area (Å²) in [6.45, 7) is 4.65. The highest BCUT2D eigenvalue weighted by molar-refractivity contribution is 5.92. The molecule has 0 spiro atoms. The van der Waals surface area contributed by atoms with Crippen LogP contribution in [0.5, 0.6) is 11.5 Å². The fourth-order valence-corrected chi connectivity index (χ4v) is 1.81. The lowest BCUT2D eigenvalue weighted by molar-refractivity contribution is 0.0696. The van der Waals surface area contributed by atoms with Crippen LogP contribution in [0, 0.1) is 5.92 Å². The molecule has 5 nitrogen and oxygen atoms in total. The van der Waals surface area contributed by atoms with Crippen molar-refractivity contribution in [1.29, 1.82) is 0 Å². The predicted molar refractivity (Wildman–Crippen MR) is 85.1 cm³/mol. The first-order valence-corrected chi connectivity index (χ1v) is 7.24. The van der Waals surface area contributed by atoms with E-state index in [1.165, 1.54) is 24.3 Å². The molecular weight excluding hydrogens is 296 g/mol. The Morgan fingerprint density at radius 2 is 1.70 bits per heavy atom. The van der Waals surface area contributed by atoms with E-state index in [4.69, 9.17) is 14.6 Å². The molecule has 0 heterocycles. The third-order valence-corrected chi connectivity index (χ3v) is 2.96. The standard InChI is InChI=1S/C18H18O5/c1-12(2)11-22-16-5-3-4-14(10-16)18(21)23-15-8-6-13(7-9-15)17(19)20/h3-10,12H,11H2,1-2H3,(H,19,20). The van der Waals surface area contributed by atoms with Gasteiger partial charge in [-0.1, -0.05) is 19.9 Å². The van der Waals surface area contributed by atoms with E-state index in [9.17, 15) is 9.59 Å². The Hall–Kier alpha value is -2.82. The topological polar surface area (TPSA) is 72.8 Å². The number of hydrogen-bond acceptors (Lipinski definition) is 4. The summed E-state index contributed by atoms with van der Waals surface area (Å²) in [6, 6.07) is 12.4. The average Bonchev–Trinajstić information content (AvgIpc) is 2.53. The number of esters is 1. The SMILES string of the molecule is CC(C)COc1cccc(C(=O)Oc2ccc(C(=O)O)cc2)c1. The molecule has 120 valence electrons. The van der Waals surface area contributed by atoms with E-state index in [1.54, 1.807) is 24.3 Å². The molecule has 0 saturated heterocycles. The molecule has 2 aromatic carbocycles. The normalized spacial score (nSPS) is 10.4. The molecule has 2 aromatic rings. The van der Waals surface area contributed by atoms with Crippen molar-refractivity contribution in [1.82, 2.24) is 0 Å². The number of carbonyl (C=O) groups is 2. The van der Waals surface area contributed by atoms with Crippen molar-refractivity contribution in [3.63, 3.8) is 0 Å². The molecule has 0 aliphatic heterocycles. The maximum absolute atomic E-state index is 12.1. The summed E-state index contributed by atoms with van der Waals surface area (Å²) in [5.41, 5.74) is 0.502. The Morgan fingerprint density at radius 1 is 1.00 bits per heavy atom. The lowest BCUT2D eigenvalue weighted by Crippen LogP contribution is -2.10. The van der Waals surface area contributed by atoms with Gasteiger partial charge in [-0.05, 0) is 48.4 Å². The molecule has 0 atom stereocenters. The van der Waals surface area contributed by atoms with Crippen LogP contribution < -0.4 is 9.47 Å². The summed E-state index contributed by atoms with van der Waals surface area (Å²) in [5, 5.41) is 8.83. The first-order valence-electron chi connectivity index (χ1n) is 7.24. The number of aromatic carboxylic acids is 1. The zero-order valence-electron chi connectivity index (χ0n) is 13.0. The minimum atomic E-state index is -1.03. The molecule has 5 heteroatoms. The molecule has 0 aliphatic rings. The molecule has 0 saturated carbocycles. The number of ether oxygens (including phenoxy) is 2. The quantitative estimate of drug-likeness (QED) is 0.651. The Labute approximate surface area is 134 Å². The Balaban J connectivity index is 2.05. The molecular formula is C18H18O5. The van der Waals surface area contributed by atoms with Gasteiger partial charge in [-0.25, -0.2) is 9.59 Å². The van der Waals surface area contributed by atoms with Gasteiger partial charge in [0.15, 0.2) is 0 Å². The summed E-state index contributed by atoms with van der Waals surface area (Å²) in [4.78, 5) is 22.9. The molecule has 0 amide bonds. The minimum absolute atomic E-state index is 0.133. The van der Waals surface area contributed by atoms with Gasteiger partial charge in [0.05, 0.1) is 17.7 Å². The van der Waals surface area contributed by atoms with Crippen molar-refractivity contribution in [3.8, 4) is 11.5 Å². The number of benzene rings is 2. The predicted octanol–water partition coefficient (Wildman–Crippen LogP) is 3.64. The van der Waals surface area contributed by atoms with Gasteiger partial charge >= 0.3 is 11.9 Å². The smallest absolute Gasteiger partial charge is 0.343 e. The maximum Gasteiger partial charge on any atom is 0.343 e. The summed E-state index contributed by atoms with van der Waals surface area (Å²) < 4.78 is 10.8. The lowest BCUT2D eigenvalue weighted by atomic mass is 10.2. The highest BCUT2D eigenvalue weighted by atomic mass is 16.5. The highest BCUT2D eigenvalue weighted by Crippen LogP contribution is 2.18. The van der Waals surface area contributed by atoms with Gasteiger partial charge in [0.25, 0.3) is 0 Å². The summed E-state index contributed by atoms with van der Waals surface area (Å²) in [6.07, 6.45) is 0. The Bertz CT molecular complexity index is 689. The van der Waals surface area contributed by atoms with Crippen LogP contribution in [0.3, 0.4) is 0 Å². The van der Waals surface area contributed by atoms with Crippen molar-refractivity contribution in [2.45, 2.75) is 13.8 Å². The van der Waals surface area contributed by atoms with Crippen LogP contribution in [-0.2, 0) is 0 Å². The molecule has 0 bridgehead atoms. The van der Waals surface area contributed by atoms with Crippen molar-refractivity contribution < 1.29 is 24.2 Å². The zero-order valence-corrected chi connectivity index (χ0v) is 13.0. The molecule has 0 radical (unpaired) electrons. The Morgan fingerprint density at radius 3 is 2.30 bits per heavy atom. The number of carbonyl (C=O) groups excluding carboxylic acids is 1. The van der Waals surface area contributed by atoms with Crippen molar-refractivity contribution >= 4 is 11.9 Å². The maximum atomic E-state index is 12.1. The van der Waals surface area contributed by atoms with Gasteiger partial charge in [0.2, 0.25) is 0 Å². The number of carboxylic acid groups (broad SMARTS) is 1.